The third-order valence-corrected chi connectivity index (χ3v) is 3.93. The summed E-state index contributed by atoms with van der Waals surface area (Å²) in [6, 6.07) is 0. The zero-order valence-electron chi connectivity index (χ0n) is 11.1. The van der Waals surface area contributed by atoms with Crippen LogP contribution in [0, 0.1) is 23.7 Å². The van der Waals surface area contributed by atoms with Crippen molar-refractivity contribution in [2.45, 2.75) is 65.9 Å². The van der Waals surface area contributed by atoms with Gasteiger partial charge in [0.1, 0.15) is 0 Å². The highest BCUT2D eigenvalue weighted by Crippen LogP contribution is 2.44. The van der Waals surface area contributed by atoms with Crippen molar-refractivity contribution < 1.29 is 5.11 Å². The van der Waals surface area contributed by atoms with Gasteiger partial charge in [-0.05, 0) is 42.9 Å². The summed E-state index contributed by atoms with van der Waals surface area (Å²) < 4.78 is 0. The molecular formula is C14H28O. The summed E-state index contributed by atoms with van der Waals surface area (Å²) in [5, 5.41) is 10.8. The average Bonchev–Trinajstić information content (AvgIpc) is 1.99. The van der Waals surface area contributed by atoms with Crippen LogP contribution in [0.5, 0.6) is 0 Å². The van der Waals surface area contributed by atoms with Gasteiger partial charge in [0.05, 0.1) is 5.60 Å². The molecule has 0 bridgehead atoms. The smallest absolute Gasteiger partial charge is 0.0683 e. The van der Waals surface area contributed by atoms with Gasteiger partial charge in [-0.2, -0.15) is 0 Å². The maximum absolute atomic E-state index is 10.8. The first-order valence-electron chi connectivity index (χ1n) is 6.57. The van der Waals surface area contributed by atoms with Crippen molar-refractivity contribution in [3.63, 3.8) is 0 Å². The Hall–Kier alpha value is -0.0400. The number of hydrogen-bond donors (Lipinski definition) is 1. The molecule has 1 fully saturated rings. The monoisotopic (exact) mass is 212 g/mol. The SMILES string of the molecule is CC(C)CC1(O)CC(C)CCC1C(C)C. The van der Waals surface area contributed by atoms with Crippen LogP contribution in [0.3, 0.4) is 0 Å². The van der Waals surface area contributed by atoms with Crippen LogP contribution in [0.2, 0.25) is 0 Å². The van der Waals surface area contributed by atoms with Gasteiger partial charge in [0.25, 0.3) is 0 Å². The van der Waals surface area contributed by atoms with Crippen molar-refractivity contribution in [2.75, 3.05) is 0 Å². The second-order valence-corrected chi connectivity index (χ2v) is 6.44. The van der Waals surface area contributed by atoms with E-state index in [1.807, 2.05) is 0 Å². The third-order valence-electron chi connectivity index (χ3n) is 3.93. The normalized spacial score (nSPS) is 37.6. The second-order valence-electron chi connectivity index (χ2n) is 6.44. The van der Waals surface area contributed by atoms with E-state index < -0.39 is 0 Å². The van der Waals surface area contributed by atoms with Gasteiger partial charge in [0.2, 0.25) is 0 Å². The first-order valence-corrected chi connectivity index (χ1v) is 6.57. The maximum atomic E-state index is 10.8. The molecule has 1 heteroatoms. The molecule has 90 valence electrons. The van der Waals surface area contributed by atoms with Gasteiger partial charge >= 0.3 is 0 Å². The lowest BCUT2D eigenvalue weighted by Gasteiger charge is -2.45. The molecule has 0 heterocycles. The molecule has 0 aromatic rings. The minimum absolute atomic E-state index is 0.389. The molecule has 0 aromatic carbocycles. The maximum Gasteiger partial charge on any atom is 0.0683 e. The Morgan fingerprint density at radius 2 is 1.80 bits per heavy atom. The van der Waals surface area contributed by atoms with Crippen molar-refractivity contribution >= 4 is 0 Å². The van der Waals surface area contributed by atoms with Gasteiger partial charge in [-0.15, -0.1) is 0 Å². The van der Waals surface area contributed by atoms with Crippen molar-refractivity contribution in [3.8, 4) is 0 Å². The summed E-state index contributed by atoms with van der Waals surface area (Å²) in [5.41, 5.74) is -0.389. The molecule has 1 saturated carbocycles. The molecule has 1 rings (SSSR count). The van der Waals surface area contributed by atoms with Gasteiger partial charge in [-0.25, -0.2) is 0 Å². The predicted octanol–water partition coefficient (Wildman–Crippen LogP) is 3.86. The van der Waals surface area contributed by atoms with E-state index in [0.29, 0.717) is 23.7 Å². The summed E-state index contributed by atoms with van der Waals surface area (Å²) in [6.45, 7) is 11.2. The van der Waals surface area contributed by atoms with E-state index in [2.05, 4.69) is 34.6 Å². The molecule has 15 heavy (non-hydrogen) atoms. The number of hydrogen-bond acceptors (Lipinski definition) is 1. The van der Waals surface area contributed by atoms with Crippen molar-refractivity contribution in [2.24, 2.45) is 23.7 Å². The molecule has 3 atom stereocenters. The summed E-state index contributed by atoms with van der Waals surface area (Å²) in [7, 11) is 0. The molecule has 0 amide bonds. The minimum Gasteiger partial charge on any atom is -0.390 e. The standard InChI is InChI=1S/C14H28O/c1-10(2)8-14(15)9-12(5)6-7-13(14)11(3)4/h10-13,15H,6-9H2,1-5H3. The van der Waals surface area contributed by atoms with E-state index in [-0.39, 0.29) is 5.60 Å². The van der Waals surface area contributed by atoms with E-state index in [1.54, 1.807) is 0 Å². The molecule has 1 aliphatic carbocycles. The van der Waals surface area contributed by atoms with Gasteiger partial charge in [-0.1, -0.05) is 41.0 Å². The number of rotatable bonds is 3. The van der Waals surface area contributed by atoms with Crippen molar-refractivity contribution in [1.82, 2.24) is 0 Å². The summed E-state index contributed by atoms with van der Waals surface area (Å²) >= 11 is 0. The lowest BCUT2D eigenvalue weighted by Crippen LogP contribution is -2.46. The minimum atomic E-state index is -0.389. The van der Waals surface area contributed by atoms with E-state index in [0.717, 1.165) is 12.8 Å². The van der Waals surface area contributed by atoms with Gasteiger partial charge in [0, 0.05) is 0 Å². The van der Waals surface area contributed by atoms with Gasteiger partial charge in [0.15, 0.2) is 0 Å². The lowest BCUT2D eigenvalue weighted by atomic mass is 9.64. The molecule has 1 aliphatic rings. The van der Waals surface area contributed by atoms with Crippen LogP contribution in [0.15, 0.2) is 0 Å². The van der Waals surface area contributed by atoms with Crippen LogP contribution in [0.25, 0.3) is 0 Å². The summed E-state index contributed by atoms with van der Waals surface area (Å²) in [5.74, 6) is 2.42. The highest BCUT2D eigenvalue weighted by molar-refractivity contribution is 4.93. The Morgan fingerprint density at radius 1 is 1.20 bits per heavy atom. The Balaban J connectivity index is 2.76. The molecule has 3 unspecified atom stereocenters. The Kier molecular flexibility index (Phi) is 4.22. The molecule has 0 aliphatic heterocycles. The predicted molar refractivity (Wildman–Crippen MR) is 65.7 cm³/mol. The lowest BCUT2D eigenvalue weighted by molar-refractivity contribution is -0.0929. The van der Waals surface area contributed by atoms with E-state index >= 15 is 0 Å². The molecule has 0 aromatic heterocycles. The van der Waals surface area contributed by atoms with E-state index in [9.17, 15) is 5.11 Å². The van der Waals surface area contributed by atoms with Crippen LogP contribution in [-0.2, 0) is 0 Å². The average molecular weight is 212 g/mol. The zero-order chi connectivity index (χ0) is 11.6. The van der Waals surface area contributed by atoms with Crippen LogP contribution < -0.4 is 0 Å². The van der Waals surface area contributed by atoms with Crippen LogP contribution >= 0.6 is 0 Å². The van der Waals surface area contributed by atoms with Crippen molar-refractivity contribution in [1.29, 1.82) is 0 Å². The fourth-order valence-corrected chi connectivity index (χ4v) is 3.49. The first kappa shape index (κ1) is 13.0. The van der Waals surface area contributed by atoms with Gasteiger partial charge in [-0.3, -0.25) is 0 Å². The quantitative estimate of drug-likeness (QED) is 0.753. The van der Waals surface area contributed by atoms with E-state index in [1.165, 1.54) is 12.8 Å². The second kappa shape index (κ2) is 4.86. The topological polar surface area (TPSA) is 20.2 Å². The molecule has 1 nitrogen and oxygen atoms in total. The van der Waals surface area contributed by atoms with E-state index in [4.69, 9.17) is 0 Å². The molecule has 1 N–H and O–H groups in total. The van der Waals surface area contributed by atoms with Crippen LogP contribution in [-0.4, -0.2) is 10.7 Å². The third kappa shape index (κ3) is 3.21. The van der Waals surface area contributed by atoms with Crippen molar-refractivity contribution in [3.05, 3.63) is 0 Å². The highest BCUT2D eigenvalue weighted by atomic mass is 16.3. The fourth-order valence-electron chi connectivity index (χ4n) is 3.49. The summed E-state index contributed by atoms with van der Waals surface area (Å²) in [6.07, 6.45) is 4.49. The molecular weight excluding hydrogens is 184 g/mol. The van der Waals surface area contributed by atoms with Crippen LogP contribution in [0.1, 0.15) is 60.3 Å². The Morgan fingerprint density at radius 3 is 2.27 bits per heavy atom. The fraction of sp³-hybridized carbons (Fsp3) is 1.00. The first-order chi connectivity index (χ1) is 6.85. The largest absolute Gasteiger partial charge is 0.390 e. The Bertz CT molecular complexity index is 194. The zero-order valence-corrected chi connectivity index (χ0v) is 11.1. The van der Waals surface area contributed by atoms with Crippen LogP contribution in [0.4, 0.5) is 0 Å². The number of aliphatic hydroxyl groups is 1. The molecule has 0 radical (unpaired) electrons. The Labute approximate surface area is 95.3 Å². The highest BCUT2D eigenvalue weighted by Gasteiger charge is 2.42. The molecule has 0 spiro atoms. The summed E-state index contributed by atoms with van der Waals surface area (Å²) in [4.78, 5) is 0. The molecule has 0 saturated heterocycles. The van der Waals surface area contributed by atoms with Gasteiger partial charge < -0.3 is 5.11 Å².